The Hall–Kier alpha value is -2.31. The summed E-state index contributed by atoms with van der Waals surface area (Å²) in [7, 11) is 1.39. The van der Waals surface area contributed by atoms with Crippen molar-refractivity contribution >= 4 is 11.8 Å². The maximum atomic E-state index is 12.5. The molecule has 22 heavy (non-hydrogen) atoms. The van der Waals surface area contributed by atoms with Crippen molar-refractivity contribution in [3.63, 3.8) is 0 Å². The van der Waals surface area contributed by atoms with Crippen molar-refractivity contribution < 1.29 is 14.3 Å². The number of primary amides is 1. The van der Waals surface area contributed by atoms with Crippen molar-refractivity contribution in [3.05, 3.63) is 28.2 Å². The van der Waals surface area contributed by atoms with Crippen LogP contribution in [0.1, 0.15) is 36.7 Å². The van der Waals surface area contributed by atoms with Crippen LogP contribution in [0.4, 0.5) is 0 Å². The van der Waals surface area contributed by atoms with Crippen molar-refractivity contribution in [3.8, 4) is 5.75 Å². The van der Waals surface area contributed by atoms with Gasteiger partial charge in [-0.05, 0) is 19.3 Å². The van der Waals surface area contributed by atoms with E-state index in [2.05, 4.69) is 4.98 Å². The molecule has 1 aliphatic rings. The molecule has 0 saturated carbocycles. The number of carbonyl (C=O) groups is 2. The molecule has 1 saturated heterocycles. The first-order valence-corrected chi connectivity index (χ1v) is 7.29. The lowest BCUT2D eigenvalue weighted by Gasteiger charge is -2.40. The van der Waals surface area contributed by atoms with E-state index in [-0.39, 0.29) is 35.2 Å². The van der Waals surface area contributed by atoms with Crippen molar-refractivity contribution in [2.45, 2.75) is 26.2 Å². The van der Waals surface area contributed by atoms with Crippen molar-refractivity contribution in [1.29, 1.82) is 0 Å². The predicted octanol–water partition coefficient (Wildman–Crippen LogP) is 0.501. The average molecular weight is 307 g/mol. The molecule has 2 rings (SSSR count). The van der Waals surface area contributed by atoms with Gasteiger partial charge in [-0.2, -0.15) is 0 Å². The number of nitrogens with two attached hydrogens (primary N) is 1. The molecular formula is C15H21N3O4. The quantitative estimate of drug-likeness (QED) is 0.845. The summed E-state index contributed by atoms with van der Waals surface area (Å²) in [5.74, 6) is -0.538. The topological polar surface area (TPSA) is 105 Å². The van der Waals surface area contributed by atoms with Gasteiger partial charge in [-0.1, -0.05) is 6.92 Å². The van der Waals surface area contributed by atoms with Crippen LogP contribution in [0.2, 0.25) is 0 Å². The van der Waals surface area contributed by atoms with Crippen LogP contribution < -0.4 is 15.9 Å². The van der Waals surface area contributed by atoms with Crippen LogP contribution in [0.25, 0.3) is 0 Å². The SMILES string of the molecule is CC[C@]1(C(N)=O)CCCN(C(=O)c2cc(=O)c(OC)c[nH]2)C1. The number of H-pyrrole nitrogens is 1. The Balaban J connectivity index is 2.24. The van der Waals surface area contributed by atoms with Gasteiger partial charge in [-0.25, -0.2) is 0 Å². The first kappa shape index (κ1) is 16.1. The molecule has 7 nitrogen and oxygen atoms in total. The summed E-state index contributed by atoms with van der Waals surface area (Å²) in [6.07, 6.45) is 3.34. The van der Waals surface area contributed by atoms with E-state index in [0.717, 1.165) is 0 Å². The number of likely N-dealkylation sites (tertiary alicyclic amines) is 1. The van der Waals surface area contributed by atoms with Crippen molar-refractivity contribution in [2.75, 3.05) is 20.2 Å². The summed E-state index contributed by atoms with van der Waals surface area (Å²) in [5.41, 5.74) is 4.66. The van der Waals surface area contributed by atoms with Crippen LogP contribution in [-0.2, 0) is 4.79 Å². The number of nitrogens with zero attached hydrogens (tertiary/aromatic N) is 1. The Morgan fingerprint density at radius 1 is 1.50 bits per heavy atom. The number of hydrogen-bond donors (Lipinski definition) is 2. The zero-order valence-electron chi connectivity index (χ0n) is 12.8. The van der Waals surface area contributed by atoms with E-state index >= 15 is 0 Å². The van der Waals surface area contributed by atoms with E-state index in [1.165, 1.54) is 19.4 Å². The highest BCUT2D eigenvalue weighted by molar-refractivity contribution is 5.93. The van der Waals surface area contributed by atoms with Gasteiger partial charge in [0.1, 0.15) is 5.69 Å². The highest BCUT2D eigenvalue weighted by Gasteiger charge is 2.40. The van der Waals surface area contributed by atoms with Crippen LogP contribution in [0.5, 0.6) is 5.75 Å². The van der Waals surface area contributed by atoms with E-state index in [9.17, 15) is 14.4 Å². The molecule has 0 spiro atoms. The minimum absolute atomic E-state index is 0.148. The number of piperidine rings is 1. The van der Waals surface area contributed by atoms with E-state index in [1.807, 2.05) is 6.92 Å². The Morgan fingerprint density at radius 3 is 2.77 bits per heavy atom. The molecule has 1 aromatic heterocycles. The smallest absolute Gasteiger partial charge is 0.270 e. The number of nitrogens with one attached hydrogen (secondary N) is 1. The second-order valence-electron chi connectivity index (χ2n) is 5.61. The highest BCUT2D eigenvalue weighted by atomic mass is 16.5. The fourth-order valence-electron chi connectivity index (χ4n) is 2.88. The van der Waals surface area contributed by atoms with Gasteiger partial charge in [0.15, 0.2) is 5.75 Å². The van der Waals surface area contributed by atoms with Gasteiger partial charge in [-0.3, -0.25) is 14.4 Å². The summed E-state index contributed by atoms with van der Waals surface area (Å²) in [4.78, 5) is 40.4. The van der Waals surface area contributed by atoms with Crippen LogP contribution in [-0.4, -0.2) is 41.9 Å². The molecule has 0 bridgehead atoms. The second-order valence-corrected chi connectivity index (χ2v) is 5.61. The Kier molecular flexibility index (Phi) is 4.54. The van der Waals surface area contributed by atoms with Gasteiger partial charge in [-0.15, -0.1) is 0 Å². The molecule has 120 valence electrons. The number of amides is 2. The standard InChI is InChI=1S/C15H21N3O4/c1-3-15(14(16)21)5-4-6-18(9-15)13(20)10-7-11(19)12(22-2)8-17-10/h7-8H,3-6,9H2,1-2H3,(H2,16,21)(H,17,19)/t15-/m0/s1. The lowest BCUT2D eigenvalue weighted by atomic mass is 9.77. The molecule has 1 fully saturated rings. The largest absolute Gasteiger partial charge is 0.491 e. The normalized spacial score (nSPS) is 21.5. The molecule has 1 atom stereocenters. The molecule has 0 aliphatic carbocycles. The van der Waals surface area contributed by atoms with Gasteiger partial charge in [0.2, 0.25) is 11.3 Å². The minimum Gasteiger partial charge on any atom is -0.491 e. The number of aromatic amines is 1. The molecule has 1 aromatic rings. The molecule has 2 amide bonds. The fraction of sp³-hybridized carbons (Fsp3) is 0.533. The monoisotopic (exact) mass is 307 g/mol. The average Bonchev–Trinajstić information content (AvgIpc) is 2.53. The molecule has 7 heteroatoms. The Morgan fingerprint density at radius 2 is 2.23 bits per heavy atom. The van der Waals surface area contributed by atoms with Crippen molar-refractivity contribution in [2.24, 2.45) is 11.1 Å². The van der Waals surface area contributed by atoms with Gasteiger partial charge in [0.05, 0.1) is 12.5 Å². The number of carbonyl (C=O) groups excluding carboxylic acids is 2. The molecule has 0 aromatic carbocycles. The fourth-order valence-corrected chi connectivity index (χ4v) is 2.88. The Bertz CT molecular complexity index is 640. The van der Waals surface area contributed by atoms with Gasteiger partial charge in [0, 0.05) is 25.4 Å². The van der Waals surface area contributed by atoms with Gasteiger partial charge in [0.25, 0.3) is 5.91 Å². The van der Waals surface area contributed by atoms with Gasteiger partial charge < -0.3 is 20.4 Å². The maximum Gasteiger partial charge on any atom is 0.270 e. The van der Waals surface area contributed by atoms with E-state index < -0.39 is 5.41 Å². The van der Waals surface area contributed by atoms with E-state index in [0.29, 0.717) is 25.8 Å². The lowest BCUT2D eigenvalue weighted by molar-refractivity contribution is -0.130. The summed E-state index contributed by atoms with van der Waals surface area (Å²) in [6.45, 7) is 2.72. The van der Waals surface area contributed by atoms with E-state index in [4.69, 9.17) is 10.5 Å². The Labute approximate surface area is 128 Å². The van der Waals surface area contributed by atoms with Crippen LogP contribution in [0.15, 0.2) is 17.1 Å². The van der Waals surface area contributed by atoms with Gasteiger partial charge >= 0.3 is 0 Å². The number of methoxy groups -OCH3 is 1. The molecule has 3 N–H and O–H groups in total. The molecule has 0 radical (unpaired) electrons. The third-order valence-electron chi connectivity index (χ3n) is 4.39. The third kappa shape index (κ3) is 2.84. The second kappa shape index (κ2) is 6.21. The van der Waals surface area contributed by atoms with Crippen LogP contribution in [0, 0.1) is 5.41 Å². The predicted molar refractivity (Wildman–Crippen MR) is 80.7 cm³/mol. The first-order chi connectivity index (χ1) is 10.4. The number of ether oxygens (including phenoxy) is 1. The zero-order chi connectivity index (χ0) is 16.3. The van der Waals surface area contributed by atoms with Crippen molar-refractivity contribution in [1.82, 2.24) is 9.88 Å². The summed E-state index contributed by atoms with van der Waals surface area (Å²) < 4.78 is 4.88. The van der Waals surface area contributed by atoms with E-state index in [1.54, 1.807) is 4.90 Å². The zero-order valence-corrected chi connectivity index (χ0v) is 12.8. The lowest BCUT2D eigenvalue weighted by Crippen LogP contribution is -2.52. The summed E-state index contributed by atoms with van der Waals surface area (Å²) in [5, 5.41) is 0. The first-order valence-electron chi connectivity index (χ1n) is 7.29. The molecular weight excluding hydrogens is 286 g/mol. The maximum absolute atomic E-state index is 12.5. The number of aromatic nitrogens is 1. The molecule has 0 unspecified atom stereocenters. The minimum atomic E-state index is -0.680. The number of hydrogen-bond acceptors (Lipinski definition) is 4. The summed E-state index contributed by atoms with van der Waals surface area (Å²) in [6, 6.07) is 1.22. The number of pyridine rings is 1. The highest BCUT2D eigenvalue weighted by Crippen LogP contribution is 2.33. The summed E-state index contributed by atoms with van der Waals surface area (Å²) >= 11 is 0. The third-order valence-corrected chi connectivity index (χ3v) is 4.39. The van der Waals surface area contributed by atoms with Crippen LogP contribution >= 0.6 is 0 Å². The van der Waals surface area contributed by atoms with Crippen LogP contribution in [0.3, 0.4) is 0 Å². The number of rotatable bonds is 4. The molecule has 1 aliphatic heterocycles. The molecule has 2 heterocycles.